The number of aliphatic hydroxyl groups is 1. The van der Waals surface area contributed by atoms with Gasteiger partial charge in [-0.2, -0.15) is 0 Å². The molecule has 2 heterocycles. The molecular formula is C31H27N3O4S2. The van der Waals surface area contributed by atoms with Gasteiger partial charge in [0.05, 0.1) is 11.6 Å². The molecular weight excluding hydrogens is 542 g/mol. The molecule has 7 nitrogen and oxygen atoms in total. The van der Waals surface area contributed by atoms with E-state index in [1.165, 1.54) is 33.6 Å². The summed E-state index contributed by atoms with van der Waals surface area (Å²) in [4.78, 5) is 28.2. The third-order valence-corrected chi connectivity index (χ3v) is 8.54. The van der Waals surface area contributed by atoms with E-state index in [9.17, 15) is 14.7 Å². The predicted octanol–water partition coefficient (Wildman–Crippen LogP) is 6.64. The van der Waals surface area contributed by atoms with E-state index in [2.05, 4.69) is 41.0 Å². The number of carbonyl (C=O) groups excluding carboxylic acids is 2. The number of aliphatic hydroxyl groups excluding tert-OH is 1. The van der Waals surface area contributed by atoms with Crippen molar-refractivity contribution in [1.82, 2.24) is 10.2 Å². The molecule has 0 bridgehead atoms. The second kappa shape index (κ2) is 11.9. The molecule has 0 spiro atoms. The minimum Gasteiger partial charge on any atom is -0.507 e. The molecule has 0 aliphatic carbocycles. The molecule has 202 valence electrons. The first kappa shape index (κ1) is 27.4. The first-order valence-electron chi connectivity index (χ1n) is 12.6. The van der Waals surface area contributed by atoms with E-state index in [-0.39, 0.29) is 16.5 Å². The lowest BCUT2D eigenvalue weighted by Crippen LogP contribution is -2.29. The SMILES string of the molecule is C=CCOc1ccc(C2/C(=C(/O)c3ccc(C)cc3)C(=O)C(=O)N2c2nnc(SCc3ccc(C)cc3)s2)cc1. The second-order valence-electron chi connectivity index (χ2n) is 9.33. The second-order valence-corrected chi connectivity index (χ2v) is 11.5. The Hall–Kier alpha value is -4.21. The number of hydrogen-bond donors (Lipinski definition) is 1. The van der Waals surface area contributed by atoms with Gasteiger partial charge in [-0.3, -0.25) is 14.5 Å². The molecule has 9 heteroatoms. The van der Waals surface area contributed by atoms with Crippen LogP contribution in [0, 0.1) is 13.8 Å². The Morgan fingerprint density at radius 3 is 2.30 bits per heavy atom. The van der Waals surface area contributed by atoms with E-state index in [4.69, 9.17) is 4.74 Å². The van der Waals surface area contributed by atoms with Crippen LogP contribution in [-0.2, 0) is 15.3 Å². The van der Waals surface area contributed by atoms with Crippen molar-refractivity contribution >= 4 is 45.7 Å². The van der Waals surface area contributed by atoms with E-state index in [0.29, 0.717) is 33.6 Å². The summed E-state index contributed by atoms with van der Waals surface area (Å²) in [6.45, 7) is 7.98. The molecule has 1 saturated heterocycles. The number of ether oxygens (including phenoxy) is 1. The molecule has 1 aromatic heterocycles. The van der Waals surface area contributed by atoms with E-state index in [1.54, 1.807) is 42.5 Å². The lowest BCUT2D eigenvalue weighted by atomic mass is 9.95. The van der Waals surface area contributed by atoms with Crippen LogP contribution in [0.1, 0.15) is 33.9 Å². The fraction of sp³-hybridized carbons (Fsp3) is 0.161. The van der Waals surface area contributed by atoms with Crippen LogP contribution in [0.15, 0.2) is 95.4 Å². The van der Waals surface area contributed by atoms with Gasteiger partial charge in [0.2, 0.25) is 5.13 Å². The molecule has 3 aromatic carbocycles. The van der Waals surface area contributed by atoms with Gasteiger partial charge in [-0.1, -0.05) is 108 Å². The van der Waals surface area contributed by atoms with Crippen LogP contribution in [0.4, 0.5) is 5.13 Å². The Labute approximate surface area is 240 Å². The predicted molar refractivity (Wildman–Crippen MR) is 159 cm³/mol. The van der Waals surface area contributed by atoms with Crippen LogP contribution in [0.2, 0.25) is 0 Å². The first-order chi connectivity index (χ1) is 19.4. The van der Waals surface area contributed by atoms with Crippen LogP contribution in [0.25, 0.3) is 5.76 Å². The van der Waals surface area contributed by atoms with Crippen molar-refractivity contribution in [3.05, 3.63) is 119 Å². The summed E-state index contributed by atoms with van der Waals surface area (Å²) in [7, 11) is 0. The highest BCUT2D eigenvalue weighted by atomic mass is 32.2. The van der Waals surface area contributed by atoms with Crippen LogP contribution in [-0.4, -0.2) is 33.6 Å². The quantitative estimate of drug-likeness (QED) is 0.0603. The number of anilines is 1. The third kappa shape index (κ3) is 5.71. The van der Waals surface area contributed by atoms with E-state index in [1.807, 2.05) is 26.0 Å². The molecule has 1 atom stereocenters. The normalized spacial score (nSPS) is 16.4. The molecule has 4 aromatic rings. The van der Waals surface area contributed by atoms with Crippen molar-refractivity contribution in [2.75, 3.05) is 11.5 Å². The monoisotopic (exact) mass is 569 g/mol. The first-order valence-corrected chi connectivity index (χ1v) is 14.4. The Bertz CT molecular complexity index is 1580. The van der Waals surface area contributed by atoms with Crippen molar-refractivity contribution in [3.8, 4) is 5.75 Å². The highest BCUT2D eigenvalue weighted by Gasteiger charge is 2.48. The van der Waals surface area contributed by atoms with Crippen molar-refractivity contribution in [2.24, 2.45) is 0 Å². The number of benzene rings is 3. The number of rotatable bonds is 9. The zero-order valence-electron chi connectivity index (χ0n) is 22.0. The van der Waals surface area contributed by atoms with Crippen molar-refractivity contribution < 1.29 is 19.4 Å². The fourth-order valence-electron chi connectivity index (χ4n) is 4.30. The number of carbonyl (C=O) groups is 2. The molecule has 1 amide bonds. The number of amides is 1. The van der Waals surface area contributed by atoms with Gasteiger partial charge in [-0.05, 0) is 37.1 Å². The summed E-state index contributed by atoms with van der Waals surface area (Å²) in [5.74, 6) is -0.478. The van der Waals surface area contributed by atoms with E-state index < -0.39 is 17.7 Å². The van der Waals surface area contributed by atoms with E-state index in [0.717, 1.165) is 11.1 Å². The van der Waals surface area contributed by atoms with Gasteiger partial charge >= 0.3 is 5.91 Å². The zero-order chi connectivity index (χ0) is 28.2. The number of thioether (sulfide) groups is 1. The number of aromatic nitrogens is 2. The van der Waals surface area contributed by atoms with Crippen LogP contribution in [0.5, 0.6) is 5.75 Å². The summed E-state index contributed by atoms with van der Waals surface area (Å²) in [5.41, 5.74) is 4.41. The van der Waals surface area contributed by atoms with Gasteiger partial charge < -0.3 is 9.84 Å². The summed E-state index contributed by atoms with van der Waals surface area (Å²) in [6.07, 6.45) is 1.65. The molecule has 40 heavy (non-hydrogen) atoms. The maximum Gasteiger partial charge on any atom is 0.301 e. The smallest absolute Gasteiger partial charge is 0.301 e. The topological polar surface area (TPSA) is 92.6 Å². The highest BCUT2D eigenvalue weighted by molar-refractivity contribution is 8.00. The number of Topliss-reactive ketones (excluding diaryl/α,β-unsaturated/α-hetero) is 1. The molecule has 0 saturated carbocycles. The van der Waals surface area contributed by atoms with Gasteiger partial charge in [-0.15, -0.1) is 10.2 Å². The summed E-state index contributed by atoms with van der Waals surface area (Å²) in [6, 6.07) is 21.6. The van der Waals surface area contributed by atoms with Gasteiger partial charge in [0, 0.05) is 11.3 Å². The summed E-state index contributed by atoms with van der Waals surface area (Å²) in [5, 5.41) is 20.2. The molecule has 5 rings (SSSR count). The Balaban J connectivity index is 1.52. The lowest BCUT2D eigenvalue weighted by Gasteiger charge is -2.22. The summed E-state index contributed by atoms with van der Waals surface area (Å²) < 4.78 is 6.27. The van der Waals surface area contributed by atoms with Gasteiger partial charge in [0.1, 0.15) is 18.1 Å². The maximum absolute atomic E-state index is 13.4. The lowest BCUT2D eigenvalue weighted by molar-refractivity contribution is -0.132. The average molecular weight is 570 g/mol. The average Bonchev–Trinajstić information content (AvgIpc) is 3.54. The summed E-state index contributed by atoms with van der Waals surface area (Å²) >= 11 is 2.75. The van der Waals surface area contributed by atoms with Crippen molar-refractivity contribution in [2.45, 2.75) is 30.0 Å². The number of aryl methyl sites for hydroxylation is 2. The number of nitrogens with zero attached hydrogens (tertiary/aromatic N) is 3. The van der Waals surface area contributed by atoms with Crippen LogP contribution in [0.3, 0.4) is 0 Å². The molecule has 1 fully saturated rings. The Morgan fingerprint density at radius 1 is 1.00 bits per heavy atom. The minimum atomic E-state index is -0.891. The van der Waals surface area contributed by atoms with Crippen LogP contribution >= 0.6 is 23.1 Å². The van der Waals surface area contributed by atoms with E-state index >= 15 is 0 Å². The van der Waals surface area contributed by atoms with Crippen LogP contribution < -0.4 is 9.64 Å². The number of ketones is 1. The molecule has 1 aliphatic rings. The highest BCUT2D eigenvalue weighted by Crippen LogP contribution is 2.44. The Kier molecular flexibility index (Phi) is 8.14. The largest absolute Gasteiger partial charge is 0.507 e. The molecule has 1 aliphatic heterocycles. The number of hydrogen-bond acceptors (Lipinski definition) is 8. The molecule has 0 radical (unpaired) electrons. The standard InChI is InChI=1S/C31H27N3O4S2/c1-4-17-38-24-15-13-22(14-16-24)26-25(27(35)23-11-7-20(3)8-12-23)28(36)29(37)34(26)30-32-33-31(40-30)39-18-21-9-5-19(2)6-10-21/h4-16,26,35H,1,17-18H2,2-3H3/b27-25-. The third-order valence-electron chi connectivity index (χ3n) is 6.42. The molecule has 1 unspecified atom stereocenters. The maximum atomic E-state index is 13.4. The fourth-order valence-corrected chi connectivity index (χ4v) is 6.12. The van der Waals surface area contributed by atoms with Gasteiger partial charge in [0.15, 0.2) is 4.34 Å². The molecule has 1 N–H and O–H groups in total. The zero-order valence-corrected chi connectivity index (χ0v) is 23.7. The minimum absolute atomic E-state index is 0.00216. The van der Waals surface area contributed by atoms with Crippen molar-refractivity contribution in [1.29, 1.82) is 0 Å². The van der Waals surface area contributed by atoms with Gasteiger partial charge in [-0.25, -0.2) is 0 Å². The van der Waals surface area contributed by atoms with Crippen molar-refractivity contribution in [3.63, 3.8) is 0 Å². The van der Waals surface area contributed by atoms with Gasteiger partial charge in [0.25, 0.3) is 5.78 Å². The Morgan fingerprint density at radius 2 is 1.65 bits per heavy atom.